The van der Waals surface area contributed by atoms with Crippen molar-refractivity contribution in [3.05, 3.63) is 46.2 Å². The van der Waals surface area contributed by atoms with Crippen LogP contribution in [-0.2, 0) is 11.3 Å². The highest BCUT2D eigenvalue weighted by atomic mass is 127. The highest BCUT2D eigenvalue weighted by molar-refractivity contribution is 14.1. The molecule has 1 spiro atoms. The zero-order chi connectivity index (χ0) is 25.4. The lowest BCUT2D eigenvalue weighted by molar-refractivity contribution is 0.121. The molecule has 9 nitrogen and oxygen atoms in total. The number of hydrogen-bond acceptors (Lipinski definition) is 9. The van der Waals surface area contributed by atoms with Gasteiger partial charge in [0.15, 0.2) is 0 Å². The van der Waals surface area contributed by atoms with E-state index in [1.54, 1.807) is 24.5 Å². The predicted molar refractivity (Wildman–Crippen MR) is 145 cm³/mol. The Morgan fingerprint density at radius 1 is 1.31 bits per heavy atom. The molecule has 3 aromatic rings. The lowest BCUT2D eigenvalue weighted by Crippen LogP contribution is -2.50. The maximum absolute atomic E-state index is 12.9. The Morgan fingerprint density at radius 2 is 2.08 bits per heavy atom. The number of anilines is 1. The number of aliphatic hydroxyl groups is 1. The molecule has 0 bridgehead atoms. The van der Waals surface area contributed by atoms with Crippen LogP contribution in [0.5, 0.6) is 0 Å². The van der Waals surface area contributed by atoms with Crippen molar-refractivity contribution in [3.8, 4) is 0 Å². The average Bonchev–Trinajstić information content (AvgIpc) is 3.16. The van der Waals surface area contributed by atoms with Crippen LogP contribution in [0.2, 0.25) is 5.02 Å². The van der Waals surface area contributed by atoms with Crippen LogP contribution in [-0.4, -0.2) is 67.3 Å². The van der Waals surface area contributed by atoms with Gasteiger partial charge in [-0.2, -0.15) is 0 Å². The summed E-state index contributed by atoms with van der Waals surface area (Å²) in [4.78, 5) is 29.1. The molecule has 0 amide bonds. The number of piperidine rings is 1. The summed E-state index contributed by atoms with van der Waals surface area (Å²) in [6.07, 6.45) is 5.33. The fourth-order valence-electron chi connectivity index (χ4n) is 4.69. The van der Waals surface area contributed by atoms with Crippen LogP contribution >= 0.6 is 46.0 Å². The molecule has 0 radical (unpaired) electrons. The molecular weight excluding hydrogens is 622 g/mol. The van der Waals surface area contributed by atoms with Crippen molar-refractivity contribution in [2.75, 3.05) is 31.3 Å². The number of benzene rings is 1. The van der Waals surface area contributed by atoms with Crippen LogP contribution in [0.4, 0.5) is 10.2 Å². The second-order valence-corrected chi connectivity index (χ2v) is 11.8. The Hall–Kier alpha value is -1.58. The van der Waals surface area contributed by atoms with Crippen molar-refractivity contribution in [3.63, 3.8) is 0 Å². The summed E-state index contributed by atoms with van der Waals surface area (Å²) < 4.78 is 19.7. The van der Waals surface area contributed by atoms with Gasteiger partial charge >= 0.3 is 0 Å². The number of rotatable bonds is 6. The number of alkyl halides is 2. The molecule has 192 valence electrons. The lowest BCUT2D eigenvalue weighted by Gasteiger charge is -2.41. The van der Waals surface area contributed by atoms with Crippen LogP contribution < -0.4 is 16.2 Å². The first kappa shape index (κ1) is 26.0. The van der Waals surface area contributed by atoms with Crippen molar-refractivity contribution in [2.24, 2.45) is 11.1 Å². The normalized spacial score (nSPS) is 22.4. The Kier molecular flexibility index (Phi) is 7.71. The van der Waals surface area contributed by atoms with E-state index >= 15 is 0 Å². The molecular formula is C23H25ClFIN6O3S. The van der Waals surface area contributed by atoms with Crippen molar-refractivity contribution >= 4 is 62.7 Å². The number of nitrogens with zero attached hydrogens (tertiary/aromatic N) is 5. The summed E-state index contributed by atoms with van der Waals surface area (Å²) in [6.45, 7) is 1.24. The number of hydrogen-bond donors (Lipinski definition) is 2. The zero-order valence-corrected chi connectivity index (χ0v) is 22.9. The highest BCUT2D eigenvalue weighted by Gasteiger charge is 2.48. The molecule has 2 aromatic heterocycles. The molecule has 2 aliphatic heterocycles. The molecule has 3 atom stereocenters. The molecule has 13 heteroatoms. The van der Waals surface area contributed by atoms with Gasteiger partial charge in [0.25, 0.3) is 5.56 Å². The standard InChI is InChI=1S/C23H25ClFIN6O3S/c24-19-15(2-1-14-18(19)22(34)32(12-30-14)10-13(33)7-25)36-17-9-28-16(8-29-17)31-5-3-23(4-6-31)11-35-21(26)20(23)27/h1-2,8-9,12-13,20-21,33H,3-7,10-11,27H2/t13?,20-,21-/m1/s1. The number of ether oxygens (including phenoxy) is 1. The van der Waals surface area contributed by atoms with Gasteiger partial charge < -0.3 is 20.5 Å². The summed E-state index contributed by atoms with van der Waals surface area (Å²) in [5.41, 5.74) is 6.43. The number of fused-ring (bicyclic) bond motifs is 1. The number of aliphatic hydroxyl groups excluding tert-OH is 1. The van der Waals surface area contributed by atoms with Crippen molar-refractivity contribution in [2.45, 2.75) is 45.6 Å². The minimum Gasteiger partial charge on any atom is -0.389 e. The summed E-state index contributed by atoms with van der Waals surface area (Å²) in [5.74, 6) is 0.802. The molecule has 5 rings (SSSR count). The largest absolute Gasteiger partial charge is 0.389 e. The van der Waals surface area contributed by atoms with E-state index in [9.17, 15) is 14.3 Å². The van der Waals surface area contributed by atoms with E-state index in [0.717, 1.165) is 36.3 Å². The molecule has 0 aliphatic carbocycles. The molecule has 4 heterocycles. The molecule has 2 fully saturated rings. The summed E-state index contributed by atoms with van der Waals surface area (Å²) in [5, 5.41) is 10.7. The van der Waals surface area contributed by atoms with Gasteiger partial charge in [-0.1, -0.05) is 23.4 Å². The Bertz CT molecular complexity index is 1310. The van der Waals surface area contributed by atoms with Crippen molar-refractivity contribution < 1.29 is 14.2 Å². The SMILES string of the molecule is N[C@@H]1[C@H](I)OCC12CCN(c1cnc(Sc3ccc4ncn(CC(O)CF)c(=O)c4c3Cl)cn1)CC2. The van der Waals surface area contributed by atoms with Gasteiger partial charge in [-0.05, 0) is 47.6 Å². The maximum Gasteiger partial charge on any atom is 0.262 e. The number of nitrogens with two attached hydrogens (primary N) is 1. The number of halogens is 3. The first-order valence-electron chi connectivity index (χ1n) is 11.5. The average molecular weight is 647 g/mol. The molecule has 36 heavy (non-hydrogen) atoms. The van der Waals surface area contributed by atoms with Gasteiger partial charge in [0.2, 0.25) is 0 Å². The van der Waals surface area contributed by atoms with Crippen LogP contribution in [0, 0.1) is 5.41 Å². The van der Waals surface area contributed by atoms with Crippen LogP contribution in [0.3, 0.4) is 0 Å². The van der Waals surface area contributed by atoms with Crippen molar-refractivity contribution in [1.29, 1.82) is 0 Å². The van der Waals surface area contributed by atoms with Gasteiger partial charge in [0.1, 0.15) is 27.7 Å². The highest BCUT2D eigenvalue weighted by Crippen LogP contribution is 2.43. The molecule has 2 saturated heterocycles. The zero-order valence-electron chi connectivity index (χ0n) is 19.2. The van der Waals surface area contributed by atoms with E-state index < -0.39 is 18.3 Å². The van der Waals surface area contributed by atoms with Gasteiger partial charge in [-0.15, -0.1) is 0 Å². The predicted octanol–water partition coefficient (Wildman–Crippen LogP) is 3.03. The quantitative estimate of drug-likeness (QED) is 0.308. The van der Waals surface area contributed by atoms with Crippen LogP contribution in [0.15, 0.2) is 45.6 Å². The van der Waals surface area contributed by atoms with Crippen LogP contribution in [0.25, 0.3) is 10.9 Å². The third-order valence-corrected chi connectivity index (χ3v) is 9.53. The smallest absolute Gasteiger partial charge is 0.262 e. The fourth-order valence-corrected chi connectivity index (χ4v) is 6.75. The van der Waals surface area contributed by atoms with Gasteiger partial charge in [0, 0.05) is 29.4 Å². The Labute approximate surface area is 229 Å². The molecule has 1 aromatic carbocycles. The van der Waals surface area contributed by atoms with E-state index in [-0.39, 0.29) is 32.5 Å². The maximum atomic E-state index is 12.9. The van der Waals surface area contributed by atoms with Gasteiger partial charge in [0.05, 0.1) is 47.8 Å². The summed E-state index contributed by atoms with van der Waals surface area (Å²) >= 11 is 10.2. The Balaban J connectivity index is 1.30. The summed E-state index contributed by atoms with van der Waals surface area (Å²) in [6, 6.07) is 3.52. The van der Waals surface area contributed by atoms with E-state index in [4.69, 9.17) is 22.1 Å². The van der Waals surface area contributed by atoms with Crippen molar-refractivity contribution in [1.82, 2.24) is 19.5 Å². The van der Waals surface area contributed by atoms with E-state index in [2.05, 4.69) is 42.4 Å². The first-order chi connectivity index (χ1) is 17.3. The minimum atomic E-state index is -1.29. The second-order valence-electron chi connectivity index (χ2n) is 9.13. The van der Waals surface area contributed by atoms with Gasteiger partial charge in [-0.25, -0.2) is 19.3 Å². The molecule has 3 N–H and O–H groups in total. The molecule has 2 aliphatic rings. The first-order valence-corrected chi connectivity index (χ1v) is 13.9. The molecule has 1 unspecified atom stereocenters. The van der Waals surface area contributed by atoms with E-state index in [0.29, 0.717) is 22.0 Å². The third kappa shape index (κ3) is 4.95. The van der Waals surface area contributed by atoms with Gasteiger partial charge in [-0.3, -0.25) is 9.36 Å². The minimum absolute atomic E-state index is 0.0375. The van der Waals surface area contributed by atoms with Crippen LogP contribution in [0.1, 0.15) is 12.8 Å². The summed E-state index contributed by atoms with van der Waals surface area (Å²) in [7, 11) is 0. The fraction of sp³-hybridized carbons (Fsp3) is 0.478. The number of aromatic nitrogens is 4. The Morgan fingerprint density at radius 3 is 2.72 bits per heavy atom. The second kappa shape index (κ2) is 10.7. The van der Waals surface area contributed by atoms with E-state index in [1.807, 2.05) is 0 Å². The topological polar surface area (TPSA) is 119 Å². The molecule has 0 saturated carbocycles. The third-order valence-electron chi connectivity index (χ3n) is 6.91. The van der Waals surface area contributed by atoms with E-state index in [1.165, 1.54) is 18.1 Å². The monoisotopic (exact) mass is 646 g/mol. The lowest BCUT2D eigenvalue weighted by atomic mass is 9.75.